The topological polar surface area (TPSA) is 43.8 Å². The van der Waals surface area contributed by atoms with Gasteiger partial charge in [0.2, 0.25) is 0 Å². The Morgan fingerprint density at radius 1 is 1.36 bits per heavy atom. The summed E-state index contributed by atoms with van der Waals surface area (Å²) in [4.78, 5) is 15.6. The van der Waals surface area contributed by atoms with E-state index >= 15 is 0 Å². The first-order valence-corrected chi connectivity index (χ1v) is 5.23. The van der Waals surface area contributed by atoms with E-state index in [1.807, 2.05) is 6.92 Å². The van der Waals surface area contributed by atoms with E-state index in [0.717, 1.165) is 32.7 Å². The molecule has 1 saturated heterocycles. The molecular formula is C10H20N2O2. The third kappa shape index (κ3) is 3.04. The minimum Gasteiger partial charge on any atom is -0.395 e. The van der Waals surface area contributed by atoms with E-state index in [9.17, 15) is 4.79 Å². The van der Waals surface area contributed by atoms with E-state index < -0.39 is 0 Å². The Morgan fingerprint density at radius 2 is 1.93 bits per heavy atom. The molecule has 4 heteroatoms. The van der Waals surface area contributed by atoms with Crippen molar-refractivity contribution in [1.29, 1.82) is 0 Å². The highest BCUT2D eigenvalue weighted by atomic mass is 16.3. The maximum absolute atomic E-state index is 11.2. The molecular weight excluding hydrogens is 180 g/mol. The lowest BCUT2D eigenvalue weighted by atomic mass is 10.1. The van der Waals surface area contributed by atoms with Crippen LogP contribution in [0.25, 0.3) is 0 Å². The largest absolute Gasteiger partial charge is 0.395 e. The third-order valence-corrected chi connectivity index (χ3v) is 2.96. The number of nitrogens with zero attached hydrogens (tertiary/aromatic N) is 2. The number of aliphatic hydroxyl groups is 1. The van der Waals surface area contributed by atoms with Crippen molar-refractivity contribution in [3.05, 3.63) is 0 Å². The zero-order chi connectivity index (χ0) is 10.6. The third-order valence-electron chi connectivity index (χ3n) is 2.96. The molecule has 1 unspecified atom stereocenters. The fourth-order valence-electron chi connectivity index (χ4n) is 1.77. The number of carbonyl (C=O) groups excluding carboxylic acids is 1. The molecule has 1 rings (SSSR count). The lowest BCUT2D eigenvalue weighted by Gasteiger charge is -2.36. The zero-order valence-electron chi connectivity index (χ0n) is 9.07. The molecule has 0 radical (unpaired) electrons. The number of β-amino-alcohol motifs (C(OH)–C–C–N with tert-alkyl or cyclic N) is 1. The summed E-state index contributed by atoms with van der Waals surface area (Å²) in [7, 11) is 0. The normalized spacial score (nSPS) is 22.2. The molecule has 4 nitrogen and oxygen atoms in total. The molecule has 0 saturated carbocycles. The molecule has 14 heavy (non-hydrogen) atoms. The number of Topliss-reactive ketones (excluding diaryl/α,β-unsaturated/α-hetero) is 1. The summed E-state index contributed by atoms with van der Waals surface area (Å²) in [5, 5.41) is 8.77. The second-order valence-corrected chi connectivity index (χ2v) is 3.89. The number of rotatable bonds is 4. The molecule has 1 heterocycles. The van der Waals surface area contributed by atoms with E-state index in [0.29, 0.717) is 0 Å². The van der Waals surface area contributed by atoms with E-state index in [-0.39, 0.29) is 18.4 Å². The van der Waals surface area contributed by atoms with Crippen LogP contribution in [-0.2, 0) is 4.79 Å². The highest BCUT2D eigenvalue weighted by Crippen LogP contribution is 2.06. The van der Waals surface area contributed by atoms with Gasteiger partial charge in [-0.15, -0.1) is 0 Å². The van der Waals surface area contributed by atoms with Crippen molar-refractivity contribution in [2.75, 3.05) is 39.3 Å². The van der Waals surface area contributed by atoms with Crippen LogP contribution in [0.4, 0.5) is 0 Å². The summed E-state index contributed by atoms with van der Waals surface area (Å²) in [6, 6.07) is 0.0475. The van der Waals surface area contributed by atoms with Crippen molar-refractivity contribution in [1.82, 2.24) is 9.80 Å². The van der Waals surface area contributed by atoms with Gasteiger partial charge in [-0.3, -0.25) is 14.6 Å². The molecule has 1 fully saturated rings. The van der Waals surface area contributed by atoms with Gasteiger partial charge < -0.3 is 5.11 Å². The second kappa shape index (κ2) is 5.44. The van der Waals surface area contributed by atoms with Crippen LogP contribution >= 0.6 is 0 Å². The van der Waals surface area contributed by atoms with Crippen LogP contribution in [0.1, 0.15) is 13.8 Å². The summed E-state index contributed by atoms with van der Waals surface area (Å²) in [6.07, 6.45) is 0. The van der Waals surface area contributed by atoms with E-state index in [1.165, 1.54) is 0 Å². The van der Waals surface area contributed by atoms with Crippen LogP contribution in [0, 0.1) is 0 Å². The molecule has 1 N–H and O–H groups in total. The van der Waals surface area contributed by atoms with Crippen molar-refractivity contribution in [2.45, 2.75) is 19.9 Å². The van der Waals surface area contributed by atoms with Gasteiger partial charge in [0.25, 0.3) is 0 Å². The predicted octanol–water partition coefficient (Wildman–Crippen LogP) is -0.426. The van der Waals surface area contributed by atoms with Gasteiger partial charge in [0.05, 0.1) is 12.6 Å². The Balaban J connectivity index is 2.31. The average Bonchev–Trinajstić information content (AvgIpc) is 2.18. The van der Waals surface area contributed by atoms with Crippen LogP contribution < -0.4 is 0 Å². The highest BCUT2D eigenvalue weighted by molar-refractivity contribution is 5.80. The van der Waals surface area contributed by atoms with Gasteiger partial charge in [-0.05, 0) is 13.8 Å². The first-order chi connectivity index (χ1) is 6.65. The number of ketones is 1. The van der Waals surface area contributed by atoms with Crippen LogP contribution in [0.2, 0.25) is 0 Å². The van der Waals surface area contributed by atoms with Crippen molar-refractivity contribution in [3.8, 4) is 0 Å². The highest BCUT2D eigenvalue weighted by Gasteiger charge is 2.22. The van der Waals surface area contributed by atoms with Crippen molar-refractivity contribution in [2.24, 2.45) is 0 Å². The molecule has 0 spiro atoms. The predicted molar refractivity (Wildman–Crippen MR) is 55.2 cm³/mol. The van der Waals surface area contributed by atoms with Crippen molar-refractivity contribution in [3.63, 3.8) is 0 Å². The number of carbonyl (C=O) groups is 1. The zero-order valence-corrected chi connectivity index (χ0v) is 9.07. The molecule has 0 aromatic carbocycles. The van der Waals surface area contributed by atoms with Crippen LogP contribution in [0.5, 0.6) is 0 Å². The summed E-state index contributed by atoms with van der Waals surface area (Å²) in [5.41, 5.74) is 0. The van der Waals surface area contributed by atoms with Gasteiger partial charge in [0, 0.05) is 32.7 Å². The summed E-state index contributed by atoms with van der Waals surface area (Å²) < 4.78 is 0. The molecule has 1 atom stereocenters. The van der Waals surface area contributed by atoms with E-state index in [2.05, 4.69) is 9.80 Å². The standard InChI is InChI=1S/C10H20N2O2/c1-9(10(2)14)12-5-3-11(4-6-12)7-8-13/h9,13H,3-8H2,1-2H3. The lowest BCUT2D eigenvalue weighted by Crippen LogP contribution is -2.51. The van der Waals surface area contributed by atoms with Crippen LogP contribution in [0.3, 0.4) is 0 Å². The number of hydrogen-bond acceptors (Lipinski definition) is 4. The Bertz CT molecular complexity index is 189. The first kappa shape index (κ1) is 11.6. The molecule has 0 aromatic rings. The Morgan fingerprint density at radius 3 is 2.36 bits per heavy atom. The first-order valence-electron chi connectivity index (χ1n) is 5.23. The Hall–Kier alpha value is -0.450. The quantitative estimate of drug-likeness (QED) is 0.669. The summed E-state index contributed by atoms with van der Waals surface area (Å²) in [6.45, 7) is 8.36. The summed E-state index contributed by atoms with van der Waals surface area (Å²) in [5.74, 6) is 0.237. The smallest absolute Gasteiger partial charge is 0.146 e. The Labute approximate surface area is 85.5 Å². The van der Waals surface area contributed by atoms with Crippen molar-refractivity contribution < 1.29 is 9.90 Å². The van der Waals surface area contributed by atoms with Gasteiger partial charge in [-0.2, -0.15) is 0 Å². The SMILES string of the molecule is CC(=O)C(C)N1CCN(CCO)CC1. The van der Waals surface area contributed by atoms with Gasteiger partial charge >= 0.3 is 0 Å². The Kier molecular flexibility index (Phi) is 4.51. The summed E-state index contributed by atoms with van der Waals surface area (Å²) >= 11 is 0. The van der Waals surface area contributed by atoms with Gasteiger partial charge in [0.15, 0.2) is 0 Å². The molecule has 1 aliphatic heterocycles. The minimum absolute atomic E-state index is 0.0475. The molecule has 0 amide bonds. The monoisotopic (exact) mass is 200 g/mol. The van der Waals surface area contributed by atoms with Gasteiger partial charge in [-0.1, -0.05) is 0 Å². The lowest BCUT2D eigenvalue weighted by molar-refractivity contribution is -0.122. The van der Waals surface area contributed by atoms with E-state index in [4.69, 9.17) is 5.11 Å². The molecule has 0 aliphatic carbocycles. The van der Waals surface area contributed by atoms with E-state index in [1.54, 1.807) is 6.92 Å². The van der Waals surface area contributed by atoms with Crippen molar-refractivity contribution >= 4 is 5.78 Å². The average molecular weight is 200 g/mol. The van der Waals surface area contributed by atoms with Gasteiger partial charge in [-0.25, -0.2) is 0 Å². The maximum Gasteiger partial charge on any atom is 0.146 e. The fraction of sp³-hybridized carbons (Fsp3) is 0.900. The second-order valence-electron chi connectivity index (χ2n) is 3.89. The molecule has 0 aromatic heterocycles. The number of piperazine rings is 1. The van der Waals surface area contributed by atoms with Crippen LogP contribution in [-0.4, -0.2) is 66.1 Å². The number of hydrogen-bond donors (Lipinski definition) is 1. The van der Waals surface area contributed by atoms with Gasteiger partial charge in [0.1, 0.15) is 5.78 Å². The fourth-order valence-corrected chi connectivity index (χ4v) is 1.77. The molecule has 0 bridgehead atoms. The maximum atomic E-state index is 11.2. The van der Waals surface area contributed by atoms with Crippen LogP contribution in [0.15, 0.2) is 0 Å². The minimum atomic E-state index is 0.0475. The number of aliphatic hydroxyl groups excluding tert-OH is 1. The molecule has 82 valence electrons. The molecule has 1 aliphatic rings.